The Balaban J connectivity index is 2.04. The summed E-state index contributed by atoms with van der Waals surface area (Å²) in [4.78, 5) is 12.0. The fourth-order valence-electron chi connectivity index (χ4n) is 1.84. The monoisotopic (exact) mass is 200 g/mol. The molecule has 1 aliphatic rings. The predicted octanol–water partition coefficient (Wildman–Crippen LogP) is 1.12. The Bertz CT molecular complexity index is 461. The van der Waals surface area contributed by atoms with Gasteiger partial charge in [0.05, 0.1) is 11.4 Å². The summed E-state index contributed by atoms with van der Waals surface area (Å²) in [6.07, 6.45) is 4.80. The van der Waals surface area contributed by atoms with E-state index in [1.807, 2.05) is 24.5 Å². The summed E-state index contributed by atoms with van der Waals surface area (Å²) >= 11 is 0. The Morgan fingerprint density at radius 3 is 3.20 bits per heavy atom. The summed E-state index contributed by atoms with van der Waals surface area (Å²) in [6, 6.07) is 3.95. The number of aromatic nitrogens is 3. The molecule has 0 bridgehead atoms. The Morgan fingerprint density at radius 2 is 2.33 bits per heavy atom. The zero-order valence-electron chi connectivity index (χ0n) is 8.33. The van der Waals surface area contributed by atoms with Gasteiger partial charge in [-0.2, -0.15) is 0 Å². The van der Waals surface area contributed by atoms with Gasteiger partial charge < -0.3 is 10.3 Å². The molecular formula is C11H12N4. The highest BCUT2D eigenvalue weighted by Crippen LogP contribution is 2.16. The highest BCUT2D eigenvalue weighted by molar-refractivity contribution is 5.49. The van der Waals surface area contributed by atoms with E-state index in [9.17, 15) is 0 Å². The molecule has 4 heteroatoms. The molecule has 76 valence electrons. The van der Waals surface area contributed by atoms with Gasteiger partial charge in [-0.1, -0.05) is 0 Å². The molecule has 0 saturated carbocycles. The fourth-order valence-corrected chi connectivity index (χ4v) is 1.84. The van der Waals surface area contributed by atoms with Gasteiger partial charge in [-0.25, -0.2) is 9.97 Å². The van der Waals surface area contributed by atoms with Crippen LogP contribution < -0.4 is 5.32 Å². The van der Waals surface area contributed by atoms with Crippen LogP contribution >= 0.6 is 0 Å². The van der Waals surface area contributed by atoms with E-state index in [1.54, 1.807) is 0 Å². The average molecular weight is 200 g/mol. The van der Waals surface area contributed by atoms with Crippen molar-refractivity contribution < 1.29 is 0 Å². The molecule has 0 aliphatic carbocycles. The van der Waals surface area contributed by atoms with Gasteiger partial charge in [0.25, 0.3) is 0 Å². The second kappa shape index (κ2) is 3.47. The van der Waals surface area contributed by atoms with E-state index in [-0.39, 0.29) is 0 Å². The highest BCUT2D eigenvalue weighted by Gasteiger charge is 2.12. The fraction of sp³-hybridized carbons (Fsp3) is 0.273. The lowest BCUT2D eigenvalue weighted by molar-refractivity contribution is 0.626. The second-order valence-corrected chi connectivity index (χ2v) is 3.68. The molecular weight excluding hydrogens is 188 g/mol. The van der Waals surface area contributed by atoms with Crippen LogP contribution in [0.4, 0.5) is 0 Å². The molecule has 3 rings (SSSR count). The van der Waals surface area contributed by atoms with Crippen molar-refractivity contribution >= 4 is 0 Å². The minimum absolute atomic E-state index is 0.792. The SMILES string of the molecule is c1c[nH]c(-c2ncc3c(n2)CCNC3)c1. The molecule has 0 radical (unpaired) electrons. The first-order valence-electron chi connectivity index (χ1n) is 5.13. The Labute approximate surface area is 87.8 Å². The van der Waals surface area contributed by atoms with Crippen molar-refractivity contribution in [2.75, 3.05) is 6.54 Å². The maximum Gasteiger partial charge on any atom is 0.176 e. The van der Waals surface area contributed by atoms with E-state index < -0.39 is 0 Å². The van der Waals surface area contributed by atoms with Gasteiger partial charge in [0.1, 0.15) is 0 Å². The van der Waals surface area contributed by atoms with Crippen LogP contribution in [0.2, 0.25) is 0 Å². The normalized spacial score (nSPS) is 14.9. The standard InChI is InChI=1S/C11H12N4/c1-2-10(13-4-1)11-14-7-8-6-12-5-3-9(8)15-11/h1-2,4,7,12-13H,3,5-6H2. The Kier molecular flexibility index (Phi) is 1.99. The third-order valence-corrected chi connectivity index (χ3v) is 2.65. The number of rotatable bonds is 1. The lowest BCUT2D eigenvalue weighted by Crippen LogP contribution is -2.24. The lowest BCUT2D eigenvalue weighted by Gasteiger charge is -2.15. The molecule has 3 heterocycles. The van der Waals surface area contributed by atoms with Crippen molar-refractivity contribution in [3.05, 3.63) is 35.8 Å². The first kappa shape index (κ1) is 8.61. The first-order valence-corrected chi connectivity index (χ1v) is 5.13. The molecule has 0 atom stereocenters. The number of aromatic amines is 1. The van der Waals surface area contributed by atoms with E-state index in [2.05, 4.69) is 20.3 Å². The van der Waals surface area contributed by atoms with Crippen molar-refractivity contribution in [3.8, 4) is 11.5 Å². The number of fused-ring (bicyclic) bond motifs is 1. The zero-order valence-corrected chi connectivity index (χ0v) is 8.33. The third kappa shape index (κ3) is 1.53. The van der Waals surface area contributed by atoms with Crippen molar-refractivity contribution in [2.45, 2.75) is 13.0 Å². The molecule has 0 saturated heterocycles. The first-order chi connectivity index (χ1) is 7.43. The molecule has 0 aromatic carbocycles. The molecule has 4 nitrogen and oxygen atoms in total. The highest BCUT2D eigenvalue weighted by atomic mass is 15.0. The quantitative estimate of drug-likeness (QED) is 0.725. The van der Waals surface area contributed by atoms with Gasteiger partial charge in [-0.3, -0.25) is 0 Å². The largest absolute Gasteiger partial charge is 0.359 e. The Hall–Kier alpha value is -1.68. The van der Waals surface area contributed by atoms with Crippen molar-refractivity contribution in [2.24, 2.45) is 0 Å². The molecule has 2 N–H and O–H groups in total. The van der Waals surface area contributed by atoms with Gasteiger partial charge in [-0.05, 0) is 12.1 Å². The molecule has 2 aromatic rings. The maximum atomic E-state index is 4.57. The average Bonchev–Trinajstić information content (AvgIpc) is 2.82. The van der Waals surface area contributed by atoms with E-state index in [4.69, 9.17) is 0 Å². The van der Waals surface area contributed by atoms with Gasteiger partial charge >= 0.3 is 0 Å². The van der Waals surface area contributed by atoms with E-state index in [0.29, 0.717) is 0 Å². The van der Waals surface area contributed by atoms with E-state index in [0.717, 1.165) is 31.0 Å². The summed E-state index contributed by atoms with van der Waals surface area (Å²) in [5.41, 5.74) is 3.38. The molecule has 1 aliphatic heterocycles. The van der Waals surface area contributed by atoms with Crippen LogP contribution in [0, 0.1) is 0 Å². The summed E-state index contributed by atoms with van der Waals surface area (Å²) < 4.78 is 0. The van der Waals surface area contributed by atoms with Crippen LogP contribution in [-0.4, -0.2) is 21.5 Å². The summed E-state index contributed by atoms with van der Waals surface area (Å²) in [5.74, 6) is 0.792. The van der Waals surface area contributed by atoms with Crippen LogP contribution in [-0.2, 0) is 13.0 Å². The predicted molar refractivity (Wildman–Crippen MR) is 57.2 cm³/mol. The van der Waals surface area contributed by atoms with Crippen molar-refractivity contribution in [3.63, 3.8) is 0 Å². The van der Waals surface area contributed by atoms with E-state index >= 15 is 0 Å². The maximum absolute atomic E-state index is 4.57. The molecule has 0 spiro atoms. The summed E-state index contributed by atoms with van der Waals surface area (Å²) in [7, 11) is 0. The second-order valence-electron chi connectivity index (χ2n) is 3.68. The van der Waals surface area contributed by atoms with Crippen LogP contribution in [0.5, 0.6) is 0 Å². The van der Waals surface area contributed by atoms with Crippen molar-refractivity contribution in [1.29, 1.82) is 0 Å². The number of hydrogen-bond acceptors (Lipinski definition) is 3. The van der Waals surface area contributed by atoms with Gasteiger partial charge in [0.2, 0.25) is 0 Å². The zero-order chi connectivity index (χ0) is 10.1. The van der Waals surface area contributed by atoms with Crippen LogP contribution in [0.1, 0.15) is 11.3 Å². The van der Waals surface area contributed by atoms with Gasteiger partial charge in [-0.15, -0.1) is 0 Å². The number of hydrogen-bond donors (Lipinski definition) is 2. The Morgan fingerprint density at radius 1 is 1.33 bits per heavy atom. The van der Waals surface area contributed by atoms with E-state index in [1.165, 1.54) is 11.3 Å². The lowest BCUT2D eigenvalue weighted by atomic mass is 10.1. The van der Waals surface area contributed by atoms with Crippen LogP contribution in [0.25, 0.3) is 11.5 Å². The molecule has 2 aromatic heterocycles. The van der Waals surface area contributed by atoms with Gasteiger partial charge in [0, 0.05) is 37.5 Å². The molecule has 0 unspecified atom stereocenters. The molecule has 0 amide bonds. The molecule has 0 fully saturated rings. The van der Waals surface area contributed by atoms with Crippen LogP contribution in [0.3, 0.4) is 0 Å². The third-order valence-electron chi connectivity index (χ3n) is 2.65. The minimum atomic E-state index is 0.792. The molecule has 15 heavy (non-hydrogen) atoms. The summed E-state index contributed by atoms with van der Waals surface area (Å²) in [6.45, 7) is 1.90. The van der Waals surface area contributed by atoms with Gasteiger partial charge in [0.15, 0.2) is 5.82 Å². The smallest absolute Gasteiger partial charge is 0.176 e. The topological polar surface area (TPSA) is 53.6 Å². The minimum Gasteiger partial charge on any atom is -0.359 e. The van der Waals surface area contributed by atoms with Crippen LogP contribution in [0.15, 0.2) is 24.5 Å². The number of nitrogens with zero attached hydrogens (tertiary/aromatic N) is 2. The number of H-pyrrole nitrogens is 1. The van der Waals surface area contributed by atoms with Crippen molar-refractivity contribution in [1.82, 2.24) is 20.3 Å². The summed E-state index contributed by atoms with van der Waals surface area (Å²) in [5, 5.41) is 3.31. The number of nitrogens with one attached hydrogen (secondary N) is 2.